The van der Waals surface area contributed by atoms with Crippen molar-refractivity contribution >= 4 is 11.6 Å². The summed E-state index contributed by atoms with van der Waals surface area (Å²) in [5, 5.41) is 4.00. The molecule has 0 bridgehead atoms. The molecule has 2 rings (SSSR count). The summed E-state index contributed by atoms with van der Waals surface area (Å²) in [5.41, 5.74) is 1.11. The fraction of sp³-hybridized carbons (Fsp3) is 0.600. The van der Waals surface area contributed by atoms with Crippen molar-refractivity contribution in [3.8, 4) is 11.5 Å². The molecule has 1 aliphatic heterocycles. The second-order valence-electron chi connectivity index (χ2n) is 4.68. The van der Waals surface area contributed by atoms with E-state index < -0.39 is 0 Å². The summed E-state index contributed by atoms with van der Waals surface area (Å²) >= 11 is 6.25. The van der Waals surface area contributed by atoms with Gasteiger partial charge in [-0.1, -0.05) is 11.6 Å². The molecule has 1 aromatic carbocycles. The quantitative estimate of drug-likeness (QED) is 0.786. The molecule has 0 spiro atoms. The minimum atomic E-state index is 0.621. The number of hydrogen-bond acceptors (Lipinski definition) is 4. The molecule has 0 atom stereocenters. The van der Waals surface area contributed by atoms with Gasteiger partial charge in [-0.2, -0.15) is 0 Å². The van der Waals surface area contributed by atoms with Gasteiger partial charge >= 0.3 is 0 Å². The van der Waals surface area contributed by atoms with Gasteiger partial charge in [0, 0.05) is 26.2 Å². The molecule has 0 unspecified atom stereocenters. The van der Waals surface area contributed by atoms with Crippen LogP contribution in [0, 0.1) is 0 Å². The van der Waals surface area contributed by atoms with Gasteiger partial charge in [-0.3, -0.25) is 0 Å². The first-order valence-electron chi connectivity index (χ1n) is 7.17. The van der Waals surface area contributed by atoms with Crippen molar-refractivity contribution in [2.75, 3.05) is 33.0 Å². The van der Waals surface area contributed by atoms with Crippen molar-refractivity contribution in [2.24, 2.45) is 0 Å². The van der Waals surface area contributed by atoms with Crippen LogP contribution < -0.4 is 14.8 Å². The number of halogens is 1. The lowest BCUT2D eigenvalue weighted by atomic mass is 10.2. The zero-order valence-corrected chi connectivity index (χ0v) is 12.7. The lowest BCUT2D eigenvalue weighted by Gasteiger charge is -2.12. The van der Waals surface area contributed by atoms with E-state index in [0.29, 0.717) is 24.0 Å². The Morgan fingerprint density at radius 3 is 3.00 bits per heavy atom. The highest BCUT2D eigenvalue weighted by Gasteiger charge is 2.15. The van der Waals surface area contributed by atoms with E-state index in [-0.39, 0.29) is 0 Å². The lowest BCUT2D eigenvalue weighted by molar-refractivity contribution is 0.144. The fourth-order valence-electron chi connectivity index (χ4n) is 2.06. The number of ether oxygens (including phenoxy) is 3. The molecule has 0 aliphatic carbocycles. The first-order chi connectivity index (χ1) is 9.81. The average molecular weight is 300 g/mol. The maximum atomic E-state index is 6.25. The van der Waals surface area contributed by atoms with Gasteiger partial charge in [-0.15, -0.1) is 0 Å². The summed E-state index contributed by atoms with van der Waals surface area (Å²) in [6, 6.07) is 3.94. The normalized spacial score (nSPS) is 14.1. The summed E-state index contributed by atoms with van der Waals surface area (Å²) in [7, 11) is 0. The van der Waals surface area contributed by atoms with Gasteiger partial charge in [0.05, 0.1) is 18.2 Å². The third kappa shape index (κ3) is 4.54. The van der Waals surface area contributed by atoms with Crippen LogP contribution in [0.2, 0.25) is 5.02 Å². The molecule has 20 heavy (non-hydrogen) atoms. The predicted octanol–water partition coefficient (Wildman–Crippen LogP) is 3.02. The Morgan fingerprint density at radius 1 is 1.30 bits per heavy atom. The van der Waals surface area contributed by atoms with E-state index >= 15 is 0 Å². The van der Waals surface area contributed by atoms with Gasteiger partial charge < -0.3 is 19.5 Å². The Kier molecular flexibility index (Phi) is 6.43. The zero-order chi connectivity index (χ0) is 14.2. The summed E-state index contributed by atoms with van der Waals surface area (Å²) in [6.45, 7) is 6.60. The molecule has 112 valence electrons. The third-order valence-electron chi connectivity index (χ3n) is 3.04. The predicted molar refractivity (Wildman–Crippen MR) is 79.9 cm³/mol. The monoisotopic (exact) mass is 299 g/mol. The highest BCUT2D eigenvalue weighted by atomic mass is 35.5. The van der Waals surface area contributed by atoms with Crippen LogP contribution in [-0.2, 0) is 11.3 Å². The van der Waals surface area contributed by atoms with Crippen LogP contribution in [0.3, 0.4) is 0 Å². The highest BCUT2D eigenvalue weighted by Crippen LogP contribution is 2.37. The minimum absolute atomic E-state index is 0.621. The van der Waals surface area contributed by atoms with Crippen molar-refractivity contribution in [3.05, 3.63) is 22.7 Å². The molecule has 1 aliphatic rings. The molecule has 0 fully saturated rings. The second kappa shape index (κ2) is 8.35. The Morgan fingerprint density at radius 2 is 2.15 bits per heavy atom. The third-order valence-corrected chi connectivity index (χ3v) is 3.32. The maximum absolute atomic E-state index is 6.25. The fourth-order valence-corrected chi connectivity index (χ4v) is 2.35. The van der Waals surface area contributed by atoms with Gasteiger partial charge in [0.1, 0.15) is 0 Å². The summed E-state index contributed by atoms with van der Waals surface area (Å²) < 4.78 is 16.6. The first-order valence-corrected chi connectivity index (χ1v) is 7.55. The Hall–Kier alpha value is -0.970. The van der Waals surface area contributed by atoms with E-state index in [4.69, 9.17) is 25.8 Å². The minimum Gasteiger partial charge on any atom is -0.489 e. The van der Waals surface area contributed by atoms with E-state index in [9.17, 15) is 0 Å². The molecule has 0 aromatic heterocycles. The van der Waals surface area contributed by atoms with Crippen LogP contribution in [0.15, 0.2) is 12.1 Å². The molecule has 0 saturated heterocycles. The Labute approximate surface area is 125 Å². The first kappa shape index (κ1) is 15.4. The number of hydrogen-bond donors (Lipinski definition) is 1. The Bertz CT molecular complexity index is 426. The molecule has 5 heteroatoms. The van der Waals surface area contributed by atoms with Crippen molar-refractivity contribution in [1.82, 2.24) is 5.32 Å². The molecular weight excluding hydrogens is 278 g/mol. The van der Waals surface area contributed by atoms with E-state index in [2.05, 4.69) is 5.32 Å². The largest absolute Gasteiger partial charge is 0.489 e. The molecule has 0 amide bonds. The van der Waals surface area contributed by atoms with Crippen molar-refractivity contribution in [3.63, 3.8) is 0 Å². The van der Waals surface area contributed by atoms with Gasteiger partial charge in [0.15, 0.2) is 11.5 Å². The molecule has 1 N–H and O–H groups in total. The molecule has 0 radical (unpaired) electrons. The van der Waals surface area contributed by atoms with Crippen LogP contribution >= 0.6 is 11.6 Å². The second-order valence-corrected chi connectivity index (χ2v) is 5.09. The van der Waals surface area contributed by atoms with E-state index in [1.54, 1.807) is 0 Å². The lowest BCUT2D eigenvalue weighted by Crippen LogP contribution is -2.16. The van der Waals surface area contributed by atoms with Crippen molar-refractivity contribution < 1.29 is 14.2 Å². The number of nitrogens with one attached hydrogen (secondary N) is 1. The van der Waals surface area contributed by atoms with Crippen LogP contribution in [0.25, 0.3) is 0 Å². The van der Waals surface area contributed by atoms with Gasteiger partial charge in [-0.05, 0) is 37.6 Å². The van der Waals surface area contributed by atoms with E-state index in [0.717, 1.165) is 50.5 Å². The van der Waals surface area contributed by atoms with Crippen molar-refractivity contribution in [1.29, 1.82) is 0 Å². The smallest absolute Gasteiger partial charge is 0.179 e. The Balaban J connectivity index is 1.86. The average Bonchev–Trinajstić information content (AvgIpc) is 2.68. The SMILES string of the molecule is CCOCCCNCc1cc(Cl)c2c(c1)OCCCO2. The van der Waals surface area contributed by atoms with Crippen LogP contribution in [0.5, 0.6) is 11.5 Å². The zero-order valence-electron chi connectivity index (χ0n) is 11.9. The number of benzene rings is 1. The van der Waals surface area contributed by atoms with E-state index in [1.165, 1.54) is 0 Å². The number of rotatable bonds is 7. The summed E-state index contributed by atoms with van der Waals surface area (Å²) in [4.78, 5) is 0. The molecular formula is C15H22ClNO3. The topological polar surface area (TPSA) is 39.7 Å². The van der Waals surface area contributed by atoms with Crippen LogP contribution in [0.4, 0.5) is 0 Å². The van der Waals surface area contributed by atoms with Crippen LogP contribution in [0.1, 0.15) is 25.3 Å². The summed E-state index contributed by atoms with van der Waals surface area (Å²) in [5.74, 6) is 1.42. The molecule has 1 aromatic rings. The van der Waals surface area contributed by atoms with Gasteiger partial charge in [-0.25, -0.2) is 0 Å². The highest BCUT2D eigenvalue weighted by molar-refractivity contribution is 6.32. The van der Waals surface area contributed by atoms with Gasteiger partial charge in [0.2, 0.25) is 0 Å². The van der Waals surface area contributed by atoms with Crippen LogP contribution in [-0.4, -0.2) is 33.0 Å². The summed E-state index contributed by atoms with van der Waals surface area (Å²) in [6.07, 6.45) is 1.89. The van der Waals surface area contributed by atoms with Gasteiger partial charge in [0.25, 0.3) is 0 Å². The molecule has 4 nitrogen and oxygen atoms in total. The molecule has 1 heterocycles. The van der Waals surface area contributed by atoms with Crippen molar-refractivity contribution in [2.45, 2.75) is 26.3 Å². The standard InChI is InChI=1S/C15H22ClNO3/c1-2-18-6-3-5-17-11-12-9-13(16)15-14(10-12)19-7-4-8-20-15/h9-10,17H,2-8,11H2,1H3. The van der Waals surface area contributed by atoms with E-state index in [1.807, 2.05) is 19.1 Å². The molecule has 0 saturated carbocycles. The number of fused-ring (bicyclic) bond motifs is 1. The maximum Gasteiger partial charge on any atom is 0.179 e.